The second kappa shape index (κ2) is 5.13. The monoisotopic (exact) mass is 188 g/mol. The Morgan fingerprint density at radius 1 is 1.46 bits per heavy atom. The number of carbonyl (C=O) groups excluding carboxylic acids is 2. The van der Waals surface area contributed by atoms with Crippen molar-refractivity contribution in [1.82, 2.24) is 5.32 Å². The molecule has 0 aliphatic heterocycles. The zero-order chi connectivity index (χ0) is 10.4. The summed E-state index contributed by atoms with van der Waals surface area (Å²) >= 11 is 0. The van der Waals surface area contributed by atoms with Crippen molar-refractivity contribution in [3.63, 3.8) is 0 Å². The predicted molar refractivity (Wildman–Crippen MR) is 43.7 cm³/mol. The van der Waals surface area contributed by atoms with Crippen LogP contribution in [0.1, 0.15) is 19.8 Å². The van der Waals surface area contributed by atoms with Crippen LogP contribution < -0.4 is 11.1 Å². The summed E-state index contributed by atoms with van der Waals surface area (Å²) in [6, 6.07) is -1.04. The quantitative estimate of drug-likeness (QED) is 0.505. The van der Waals surface area contributed by atoms with Gasteiger partial charge in [0, 0.05) is 13.3 Å². The molecule has 0 saturated heterocycles. The molecule has 0 saturated carbocycles. The van der Waals surface area contributed by atoms with Crippen LogP contribution in [0.3, 0.4) is 0 Å². The van der Waals surface area contributed by atoms with Gasteiger partial charge < -0.3 is 16.2 Å². The van der Waals surface area contributed by atoms with Gasteiger partial charge in [-0.1, -0.05) is 0 Å². The highest BCUT2D eigenvalue weighted by atomic mass is 16.4. The van der Waals surface area contributed by atoms with E-state index in [1.54, 1.807) is 0 Å². The van der Waals surface area contributed by atoms with Crippen LogP contribution in [0.25, 0.3) is 0 Å². The molecule has 0 heterocycles. The van der Waals surface area contributed by atoms with Gasteiger partial charge in [0.05, 0.1) is 0 Å². The minimum atomic E-state index is -1.17. The van der Waals surface area contributed by atoms with Gasteiger partial charge in [0.25, 0.3) is 0 Å². The molecule has 0 spiro atoms. The summed E-state index contributed by atoms with van der Waals surface area (Å²) < 4.78 is 0. The molecule has 2 amide bonds. The highest BCUT2D eigenvalue weighted by Crippen LogP contribution is 1.96. The van der Waals surface area contributed by atoms with Gasteiger partial charge in [-0.05, 0) is 6.42 Å². The van der Waals surface area contributed by atoms with Crippen molar-refractivity contribution in [2.24, 2.45) is 5.73 Å². The number of nitrogens with one attached hydrogen (secondary N) is 1. The molecule has 4 N–H and O–H groups in total. The molecule has 0 aromatic heterocycles. The van der Waals surface area contributed by atoms with Crippen molar-refractivity contribution in [2.75, 3.05) is 0 Å². The number of nitrogens with two attached hydrogens (primary N) is 1. The lowest BCUT2D eigenvalue weighted by Crippen LogP contribution is -2.40. The molecule has 0 bridgehead atoms. The molecule has 0 radical (unpaired) electrons. The highest BCUT2D eigenvalue weighted by molar-refractivity contribution is 5.83. The van der Waals surface area contributed by atoms with Crippen molar-refractivity contribution in [3.8, 4) is 0 Å². The molecule has 0 rings (SSSR count). The summed E-state index contributed by atoms with van der Waals surface area (Å²) in [6.07, 6.45) is -0.0402. The van der Waals surface area contributed by atoms with Gasteiger partial charge in [-0.3, -0.25) is 9.59 Å². The molecule has 13 heavy (non-hydrogen) atoms. The zero-order valence-electron chi connectivity index (χ0n) is 7.24. The molecule has 0 aliphatic carbocycles. The maximum atomic E-state index is 10.5. The van der Waals surface area contributed by atoms with Gasteiger partial charge in [-0.25, -0.2) is 4.79 Å². The largest absolute Gasteiger partial charge is 0.480 e. The predicted octanol–water partition coefficient (Wildman–Crippen LogP) is -1.16. The molecule has 1 atom stereocenters. The van der Waals surface area contributed by atoms with E-state index < -0.39 is 23.8 Å². The van der Waals surface area contributed by atoms with Crippen molar-refractivity contribution in [3.05, 3.63) is 0 Å². The van der Waals surface area contributed by atoms with Crippen molar-refractivity contribution >= 4 is 17.8 Å². The SMILES string of the molecule is CC(=O)N[C@H](CCC(N)=O)C(=O)O. The van der Waals surface area contributed by atoms with Gasteiger partial charge in [0.2, 0.25) is 11.8 Å². The number of primary amides is 1. The lowest BCUT2D eigenvalue weighted by molar-refractivity contribution is -0.141. The molecular weight excluding hydrogens is 176 g/mol. The zero-order valence-corrected chi connectivity index (χ0v) is 7.24. The number of amides is 2. The highest BCUT2D eigenvalue weighted by Gasteiger charge is 2.18. The van der Waals surface area contributed by atoms with Gasteiger partial charge in [0.15, 0.2) is 0 Å². The number of aliphatic carboxylic acids is 1. The fourth-order valence-corrected chi connectivity index (χ4v) is 0.789. The molecule has 0 aliphatic rings. The Balaban J connectivity index is 4.02. The fraction of sp³-hybridized carbons (Fsp3) is 0.571. The van der Waals surface area contributed by atoms with Gasteiger partial charge in [-0.2, -0.15) is 0 Å². The van der Waals surface area contributed by atoms with E-state index in [1.807, 2.05) is 0 Å². The van der Waals surface area contributed by atoms with Gasteiger partial charge in [0.1, 0.15) is 6.04 Å². The second-order valence-electron chi connectivity index (χ2n) is 2.60. The Morgan fingerprint density at radius 3 is 2.31 bits per heavy atom. The van der Waals surface area contributed by atoms with Crippen LogP contribution in [0.4, 0.5) is 0 Å². The molecule has 0 fully saturated rings. The van der Waals surface area contributed by atoms with Crippen LogP contribution in [0.2, 0.25) is 0 Å². The summed E-state index contributed by atoms with van der Waals surface area (Å²) in [5.41, 5.74) is 4.83. The maximum Gasteiger partial charge on any atom is 0.326 e. The van der Waals surface area contributed by atoms with E-state index >= 15 is 0 Å². The Labute approximate surface area is 75.1 Å². The average molecular weight is 188 g/mol. The first-order valence-corrected chi connectivity index (χ1v) is 3.71. The summed E-state index contributed by atoms with van der Waals surface area (Å²) in [7, 11) is 0. The van der Waals surface area contributed by atoms with Crippen LogP contribution in [0.5, 0.6) is 0 Å². The summed E-state index contributed by atoms with van der Waals surface area (Å²) in [4.78, 5) is 31.3. The van der Waals surface area contributed by atoms with Crippen LogP contribution in [-0.4, -0.2) is 28.9 Å². The van der Waals surface area contributed by atoms with Gasteiger partial charge >= 0.3 is 5.97 Å². The van der Waals surface area contributed by atoms with Gasteiger partial charge in [-0.15, -0.1) is 0 Å². The number of carbonyl (C=O) groups is 3. The first kappa shape index (κ1) is 11.4. The number of carboxylic acids is 1. The van der Waals surface area contributed by atoms with E-state index in [9.17, 15) is 14.4 Å². The Bertz CT molecular complexity index is 227. The lowest BCUT2D eigenvalue weighted by atomic mass is 10.1. The summed E-state index contributed by atoms with van der Waals surface area (Å²) in [5, 5.41) is 10.8. The average Bonchev–Trinajstić information content (AvgIpc) is 1.96. The summed E-state index contributed by atoms with van der Waals surface area (Å²) in [6.45, 7) is 1.21. The normalized spacial score (nSPS) is 11.8. The number of hydrogen-bond acceptors (Lipinski definition) is 3. The van der Waals surface area contributed by atoms with E-state index in [2.05, 4.69) is 5.32 Å². The smallest absolute Gasteiger partial charge is 0.326 e. The number of carboxylic acid groups (broad SMARTS) is 1. The Hall–Kier alpha value is -1.59. The van der Waals surface area contributed by atoms with E-state index in [0.29, 0.717) is 0 Å². The van der Waals surface area contributed by atoms with Crippen LogP contribution >= 0.6 is 0 Å². The number of rotatable bonds is 5. The molecule has 0 aromatic rings. The van der Waals surface area contributed by atoms with Crippen LogP contribution in [0, 0.1) is 0 Å². The molecule has 6 heteroatoms. The van der Waals surface area contributed by atoms with E-state index in [1.165, 1.54) is 6.92 Å². The maximum absolute atomic E-state index is 10.5. The fourth-order valence-electron chi connectivity index (χ4n) is 0.789. The molecule has 0 unspecified atom stereocenters. The Morgan fingerprint density at radius 2 is 2.00 bits per heavy atom. The topological polar surface area (TPSA) is 109 Å². The molecule has 6 nitrogen and oxygen atoms in total. The van der Waals surface area contributed by atoms with Crippen LogP contribution in [0.15, 0.2) is 0 Å². The first-order chi connectivity index (χ1) is 5.93. The van der Waals surface area contributed by atoms with Crippen molar-refractivity contribution in [1.29, 1.82) is 0 Å². The van der Waals surface area contributed by atoms with E-state index in [4.69, 9.17) is 10.8 Å². The standard InChI is InChI=1S/C7H12N2O4/c1-4(10)9-5(7(12)13)2-3-6(8)11/h5H,2-3H2,1H3,(H2,8,11)(H,9,10)(H,12,13)/t5-/m1/s1. The van der Waals surface area contributed by atoms with E-state index in [0.717, 1.165) is 0 Å². The van der Waals surface area contributed by atoms with E-state index in [-0.39, 0.29) is 12.8 Å². The van der Waals surface area contributed by atoms with Crippen molar-refractivity contribution < 1.29 is 19.5 Å². The molecular formula is C7H12N2O4. The molecule has 74 valence electrons. The molecule has 0 aromatic carbocycles. The van der Waals surface area contributed by atoms with Crippen molar-refractivity contribution in [2.45, 2.75) is 25.8 Å². The first-order valence-electron chi connectivity index (χ1n) is 3.71. The lowest BCUT2D eigenvalue weighted by Gasteiger charge is -2.11. The number of hydrogen-bond donors (Lipinski definition) is 3. The van der Waals surface area contributed by atoms with Crippen LogP contribution in [-0.2, 0) is 14.4 Å². The summed E-state index contributed by atoms with van der Waals surface area (Å²) in [5.74, 6) is -2.20. The minimum absolute atomic E-state index is 0.0181. The third-order valence-electron chi connectivity index (χ3n) is 1.36. The Kier molecular flexibility index (Phi) is 4.50. The minimum Gasteiger partial charge on any atom is -0.480 e. The second-order valence-corrected chi connectivity index (χ2v) is 2.60. The third kappa shape index (κ3) is 5.66. The third-order valence-corrected chi connectivity index (χ3v) is 1.36.